The number of likely N-dealkylation sites (N-methyl/N-ethyl adjacent to an activating group) is 2. The first-order chi connectivity index (χ1) is 9.49. The van der Waals surface area contributed by atoms with Crippen molar-refractivity contribution in [3.63, 3.8) is 0 Å². The third kappa shape index (κ3) is 3.60. The molecule has 0 N–H and O–H groups in total. The summed E-state index contributed by atoms with van der Waals surface area (Å²) in [5.74, 6) is 0.157. The molecule has 1 aromatic carbocycles. The van der Waals surface area contributed by atoms with Crippen LogP contribution < -0.4 is 0 Å². The van der Waals surface area contributed by atoms with Crippen LogP contribution in [0, 0.1) is 0 Å². The Hall–Kier alpha value is -0.900. The van der Waals surface area contributed by atoms with E-state index in [1.165, 1.54) is 12.8 Å². The molecular weight excluding hydrogens is 272 g/mol. The Morgan fingerprint density at radius 3 is 2.65 bits per heavy atom. The molecule has 1 fully saturated rings. The van der Waals surface area contributed by atoms with E-state index in [-0.39, 0.29) is 11.8 Å². The Balaban J connectivity index is 1.97. The lowest BCUT2D eigenvalue weighted by Gasteiger charge is -2.29. The second kappa shape index (κ2) is 6.70. The number of hydrogen-bond acceptors (Lipinski definition) is 3. The number of hydrogen-bond donors (Lipinski definition) is 0. The van der Waals surface area contributed by atoms with E-state index in [2.05, 4.69) is 16.8 Å². The molecule has 0 bridgehead atoms. The van der Waals surface area contributed by atoms with Gasteiger partial charge in [0.2, 0.25) is 0 Å². The lowest BCUT2D eigenvalue weighted by molar-refractivity contribution is 0.0842. The first kappa shape index (κ1) is 15.5. The Labute approximate surface area is 126 Å². The Kier molecular flexibility index (Phi) is 5.19. The first-order valence-corrected chi connectivity index (χ1v) is 7.57. The predicted octanol–water partition coefficient (Wildman–Crippen LogP) is 2.94. The maximum absolute atomic E-state index is 12.5. The molecule has 3 nitrogen and oxygen atoms in total. The molecule has 1 aromatic rings. The fourth-order valence-corrected chi connectivity index (χ4v) is 2.88. The van der Waals surface area contributed by atoms with Crippen LogP contribution in [0.15, 0.2) is 24.3 Å². The summed E-state index contributed by atoms with van der Waals surface area (Å²) in [5, 5.41) is 0.662. The molecule has 2 rings (SSSR count). The van der Waals surface area contributed by atoms with Gasteiger partial charge in [0.15, 0.2) is 5.78 Å². The SMILES string of the molecule is CC(C(=O)c1ccc(Cl)cc1)N(C)CC1CCCN1C. The Morgan fingerprint density at radius 2 is 2.10 bits per heavy atom. The number of likely N-dealkylation sites (tertiary alicyclic amines) is 1. The molecule has 1 saturated heterocycles. The van der Waals surface area contributed by atoms with Crippen molar-refractivity contribution >= 4 is 17.4 Å². The van der Waals surface area contributed by atoms with E-state index < -0.39 is 0 Å². The lowest BCUT2D eigenvalue weighted by atomic mass is 10.0. The molecule has 4 heteroatoms. The van der Waals surface area contributed by atoms with E-state index in [9.17, 15) is 4.79 Å². The van der Waals surface area contributed by atoms with Crippen LogP contribution in [0.25, 0.3) is 0 Å². The molecule has 20 heavy (non-hydrogen) atoms. The van der Waals surface area contributed by atoms with Gasteiger partial charge in [0.1, 0.15) is 0 Å². The van der Waals surface area contributed by atoms with Gasteiger partial charge in [0.05, 0.1) is 6.04 Å². The zero-order chi connectivity index (χ0) is 14.7. The van der Waals surface area contributed by atoms with Crippen LogP contribution in [0.1, 0.15) is 30.1 Å². The maximum atomic E-state index is 12.5. The van der Waals surface area contributed by atoms with Crippen LogP contribution in [0.5, 0.6) is 0 Å². The average Bonchev–Trinajstić information content (AvgIpc) is 2.83. The van der Waals surface area contributed by atoms with Crippen LogP contribution >= 0.6 is 11.6 Å². The molecular formula is C16H23ClN2O. The van der Waals surface area contributed by atoms with Gasteiger partial charge in [-0.1, -0.05) is 11.6 Å². The van der Waals surface area contributed by atoms with Crippen molar-refractivity contribution in [3.8, 4) is 0 Å². The monoisotopic (exact) mass is 294 g/mol. The fraction of sp³-hybridized carbons (Fsp3) is 0.562. The molecule has 0 spiro atoms. The van der Waals surface area contributed by atoms with Crippen molar-refractivity contribution < 1.29 is 4.79 Å². The highest BCUT2D eigenvalue weighted by atomic mass is 35.5. The summed E-state index contributed by atoms with van der Waals surface area (Å²) in [4.78, 5) is 17.0. The predicted molar refractivity (Wildman–Crippen MR) is 83.5 cm³/mol. The minimum absolute atomic E-state index is 0.106. The number of carbonyl (C=O) groups excluding carboxylic acids is 1. The fourth-order valence-electron chi connectivity index (χ4n) is 2.76. The van der Waals surface area contributed by atoms with Crippen LogP contribution in [0.2, 0.25) is 5.02 Å². The molecule has 0 amide bonds. The van der Waals surface area contributed by atoms with Crippen LogP contribution in [0.3, 0.4) is 0 Å². The van der Waals surface area contributed by atoms with Crippen LogP contribution in [-0.2, 0) is 0 Å². The molecule has 1 aliphatic heterocycles. The van der Waals surface area contributed by atoms with Gasteiger partial charge in [0.25, 0.3) is 0 Å². The smallest absolute Gasteiger partial charge is 0.179 e. The summed E-state index contributed by atoms with van der Waals surface area (Å²) < 4.78 is 0. The van der Waals surface area contributed by atoms with Gasteiger partial charge < -0.3 is 4.90 Å². The summed E-state index contributed by atoms with van der Waals surface area (Å²) in [7, 11) is 4.20. The molecule has 110 valence electrons. The first-order valence-electron chi connectivity index (χ1n) is 7.19. The van der Waals surface area contributed by atoms with E-state index in [4.69, 9.17) is 11.6 Å². The van der Waals surface area contributed by atoms with Crippen molar-refractivity contribution in [2.45, 2.75) is 31.8 Å². The minimum atomic E-state index is -0.106. The van der Waals surface area contributed by atoms with Gasteiger partial charge in [-0.15, -0.1) is 0 Å². The van der Waals surface area contributed by atoms with Crippen molar-refractivity contribution in [1.29, 1.82) is 0 Å². The van der Waals surface area contributed by atoms with E-state index in [0.717, 1.165) is 18.7 Å². The van der Waals surface area contributed by atoms with Gasteiger partial charge in [-0.25, -0.2) is 0 Å². The zero-order valence-corrected chi connectivity index (χ0v) is 13.2. The van der Waals surface area contributed by atoms with Crippen LogP contribution in [0.4, 0.5) is 0 Å². The summed E-state index contributed by atoms with van der Waals surface area (Å²) >= 11 is 5.86. The normalized spacial score (nSPS) is 21.4. The molecule has 2 atom stereocenters. The second-order valence-corrected chi connectivity index (χ2v) is 6.20. The molecule has 2 unspecified atom stereocenters. The van der Waals surface area contributed by atoms with Crippen molar-refractivity contribution in [3.05, 3.63) is 34.9 Å². The number of Topliss-reactive ketones (excluding diaryl/α,β-unsaturated/α-hetero) is 1. The van der Waals surface area contributed by atoms with Crippen molar-refractivity contribution in [2.24, 2.45) is 0 Å². The molecule has 1 aliphatic rings. The topological polar surface area (TPSA) is 23.6 Å². The summed E-state index contributed by atoms with van der Waals surface area (Å²) in [6.07, 6.45) is 2.48. The largest absolute Gasteiger partial charge is 0.302 e. The maximum Gasteiger partial charge on any atom is 0.179 e. The average molecular weight is 295 g/mol. The molecule has 0 saturated carbocycles. The summed E-state index contributed by atoms with van der Waals surface area (Å²) in [5.41, 5.74) is 0.730. The van der Waals surface area contributed by atoms with Gasteiger partial charge >= 0.3 is 0 Å². The minimum Gasteiger partial charge on any atom is -0.302 e. The third-order valence-corrected chi connectivity index (χ3v) is 4.59. The zero-order valence-electron chi connectivity index (χ0n) is 12.5. The standard InChI is InChI=1S/C16H23ClN2O/c1-12(16(20)13-6-8-14(17)9-7-13)19(3)11-15-5-4-10-18(15)2/h6-9,12,15H,4-5,10-11H2,1-3H3. The number of halogens is 1. The van der Waals surface area contributed by atoms with E-state index in [0.29, 0.717) is 11.1 Å². The number of nitrogens with zero attached hydrogens (tertiary/aromatic N) is 2. The van der Waals surface area contributed by atoms with E-state index >= 15 is 0 Å². The summed E-state index contributed by atoms with van der Waals surface area (Å²) in [6.45, 7) is 4.08. The van der Waals surface area contributed by atoms with Crippen molar-refractivity contribution in [2.75, 3.05) is 27.2 Å². The Bertz CT molecular complexity index is 460. The van der Waals surface area contributed by atoms with Crippen molar-refractivity contribution in [1.82, 2.24) is 9.80 Å². The quantitative estimate of drug-likeness (QED) is 0.780. The van der Waals surface area contributed by atoms with Gasteiger partial charge in [-0.3, -0.25) is 9.69 Å². The van der Waals surface area contributed by atoms with Gasteiger partial charge in [-0.05, 0) is 64.7 Å². The number of carbonyl (C=O) groups is 1. The number of ketones is 1. The highest BCUT2D eigenvalue weighted by Gasteiger charge is 2.26. The molecule has 0 aromatic heterocycles. The van der Waals surface area contributed by atoms with Gasteiger partial charge in [-0.2, -0.15) is 0 Å². The second-order valence-electron chi connectivity index (χ2n) is 5.76. The van der Waals surface area contributed by atoms with E-state index in [1.807, 2.05) is 14.0 Å². The molecule has 1 heterocycles. The third-order valence-electron chi connectivity index (χ3n) is 4.34. The molecule has 0 aliphatic carbocycles. The number of rotatable bonds is 5. The van der Waals surface area contributed by atoms with Gasteiger partial charge in [0, 0.05) is 23.2 Å². The summed E-state index contributed by atoms with van der Waals surface area (Å²) in [6, 6.07) is 7.61. The highest BCUT2D eigenvalue weighted by Crippen LogP contribution is 2.18. The lowest BCUT2D eigenvalue weighted by Crippen LogP contribution is -2.43. The van der Waals surface area contributed by atoms with Crippen LogP contribution in [-0.4, -0.2) is 54.9 Å². The number of benzene rings is 1. The molecule has 0 radical (unpaired) electrons. The Morgan fingerprint density at radius 1 is 1.45 bits per heavy atom. The van der Waals surface area contributed by atoms with E-state index in [1.54, 1.807) is 24.3 Å². The highest BCUT2D eigenvalue weighted by molar-refractivity contribution is 6.30.